The maximum atomic E-state index is 11.8. The summed E-state index contributed by atoms with van der Waals surface area (Å²) < 4.78 is 0. The second-order valence-electron chi connectivity index (χ2n) is 4.04. The Morgan fingerprint density at radius 2 is 2.56 bits per heavy atom. The Balaban J connectivity index is 1.99. The van der Waals surface area contributed by atoms with Crippen molar-refractivity contribution < 1.29 is 4.79 Å². The van der Waals surface area contributed by atoms with Crippen molar-refractivity contribution in [3.8, 4) is 0 Å². The molecule has 0 spiro atoms. The molecule has 1 aromatic heterocycles. The molecule has 1 saturated heterocycles. The van der Waals surface area contributed by atoms with Gasteiger partial charge in [0.15, 0.2) is 0 Å². The summed E-state index contributed by atoms with van der Waals surface area (Å²) in [6, 6.07) is 3.84. The molecule has 4 heteroatoms. The van der Waals surface area contributed by atoms with Crippen LogP contribution in [0, 0.1) is 0 Å². The largest absolute Gasteiger partial charge is 0.309 e. The first-order valence-corrected chi connectivity index (χ1v) is 5.79. The van der Waals surface area contributed by atoms with E-state index in [1.54, 1.807) is 6.20 Å². The van der Waals surface area contributed by atoms with Crippen molar-refractivity contribution in [2.24, 2.45) is 0 Å². The van der Waals surface area contributed by atoms with Crippen molar-refractivity contribution >= 4 is 11.7 Å². The summed E-state index contributed by atoms with van der Waals surface area (Å²) >= 11 is 0. The number of rotatable bonds is 3. The third kappa shape index (κ3) is 2.58. The Hall–Kier alpha value is -1.42. The van der Waals surface area contributed by atoms with Gasteiger partial charge in [-0.05, 0) is 43.5 Å². The Bertz CT molecular complexity index is 372. The van der Waals surface area contributed by atoms with Gasteiger partial charge in [-0.3, -0.25) is 4.79 Å². The van der Waals surface area contributed by atoms with Gasteiger partial charge in [0.1, 0.15) is 5.82 Å². The molecule has 0 aromatic carbocycles. The first kappa shape index (κ1) is 11.1. The number of amides is 1. The third-order valence-electron chi connectivity index (χ3n) is 2.86. The maximum Gasteiger partial charge on any atom is 0.242 e. The summed E-state index contributed by atoms with van der Waals surface area (Å²) in [7, 11) is 0. The lowest BCUT2D eigenvalue weighted by Gasteiger charge is -2.10. The summed E-state index contributed by atoms with van der Waals surface area (Å²) in [4.78, 5) is 15.9. The molecule has 16 heavy (non-hydrogen) atoms. The minimum absolute atomic E-state index is 0.0262. The van der Waals surface area contributed by atoms with Crippen LogP contribution in [0.5, 0.6) is 0 Å². The minimum atomic E-state index is -0.0490. The van der Waals surface area contributed by atoms with Crippen molar-refractivity contribution in [2.75, 3.05) is 11.9 Å². The average molecular weight is 219 g/mol. The van der Waals surface area contributed by atoms with Crippen LogP contribution in [0.2, 0.25) is 0 Å². The highest BCUT2D eigenvalue weighted by Gasteiger charge is 2.21. The zero-order valence-electron chi connectivity index (χ0n) is 9.49. The lowest BCUT2D eigenvalue weighted by Crippen LogP contribution is -2.35. The SMILES string of the molecule is CCc1ccnc(NC(=O)C2CCCN2)c1. The number of hydrogen-bond acceptors (Lipinski definition) is 3. The molecule has 86 valence electrons. The van der Waals surface area contributed by atoms with Gasteiger partial charge in [-0.25, -0.2) is 4.98 Å². The molecular weight excluding hydrogens is 202 g/mol. The number of nitrogens with zero attached hydrogens (tertiary/aromatic N) is 1. The highest BCUT2D eigenvalue weighted by molar-refractivity contribution is 5.94. The molecule has 0 saturated carbocycles. The van der Waals surface area contributed by atoms with Crippen LogP contribution in [0.4, 0.5) is 5.82 Å². The van der Waals surface area contributed by atoms with Crippen molar-refractivity contribution in [2.45, 2.75) is 32.2 Å². The molecule has 1 aliphatic heterocycles. The van der Waals surface area contributed by atoms with E-state index in [1.807, 2.05) is 12.1 Å². The maximum absolute atomic E-state index is 11.8. The van der Waals surface area contributed by atoms with Gasteiger partial charge in [-0.1, -0.05) is 6.92 Å². The zero-order valence-corrected chi connectivity index (χ0v) is 9.49. The molecule has 1 fully saturated rings. The summed E-state index contributed by atoms with van der Waals surface area (Å²) in [5, 5.41) is 6.01. The van der Waals surface area contributed by atoms with Gasteiger partial charge in [-0.15, -0.1) is 0 Å². The Morgan fingerprint density at radius 3 is 3.25 bits per heavy atom. The molecule has 0 aliphatic carbocycles. The Morgan fingerprint density at radius 1 is 1.69 bits per heavy atom. The first-order valence-electron chi connectivity index (χ1n) is 5.79. The smallest absolute Gasteiger partial charge is 0.242 e. The number of aryl methyl sites for hydroxylation is 1. The van der Waals surface area contributed by atoms with Gasteiger partial charge in [0.05, 0.1) is 6.04 Å². The number of aromatic nitrogens is 1. The standard InChI is InChI=1S/C12H17N3O/c1-2-9-5-7-14-11(8-9)15-12(16)10-4-3-6-13-10/h5,7-8,10,13H,2-4,6H2,1H3,(H,14,15,16). The number of hydrogen-bond donors (Lipinski definition) is 2. The Kier molecular flexibility index (Phi) is 3.51. The summed E-state index contributed by atoms with van der Waals surface area (Å²) in [5.41, 5.74) is 1.18. The average Bonchev–Trinajstić information content (AvgIpc) is 2.83. The summed E-state index contributed by atoms with van der Waals surface area (Å²) in [6.07, 6.45) is 4.67. The van der Waals surface area contributed by atoms with Gasteiger partial charge in [0.25, 0.3) is 0 Å². The lowest BCUT2D eigenvalue weighted by atomic mass is 10.2. The van der Waals surface area contributed by atoms with E-state index >= 15 is 0 Å². The molecular formula is C12H17N3O. The molecule has 2 rings (SSSR count). The molecule has 0 bridgehead atoms. The number of carbonyl (C=O) groups excluding carboxylic acids is 1. The number of anilines is 1. The van der Waals surface area contributed by atoms with Crippen LogP contribution in [0.3, 0.4) is 0 Å². The van der Waals surface area contributed by atoms with E-state index in [0.717, 1.165) is 25.8 Å². The predicted molar refractivity (Wildman–Crippen MR) is 63.3 cm³/mol. The highest BCUT2D eigenvalue weighted by Crippen LogP contribution is 2.10. The molecule has 1 amide bonds. The van der Waals surface area contributed by atoms with Crippen LogP contribution in [0.25, 0.3) is 0 Å². The van der Waals surface area contributed by atoms with E-state index in [4.69, 9.17) is 0 Å². The monoisotopic (exact) mass is 219 g/mol. The van der Waals surface area contributed by atoms with Crippen LogP contribution in [0.15, 0.2) is 18.3 Å². The van der Waals surface area contributed by atoms with Gasteiger partial charge < -0.3 is 10.6 Å². The van der Waals surface area contributed by atoms with E-state index in [2.05, 4.69) is 22.5 Å². The van der Waals surface area contributed by atoms with Crippen molar-refractivity contribution in [3.05, 3.63) is 23.9 Å². The van der Waals surface area contributed by atoms with E-state index < -0.39 is 0 Å². The van der Waals surface area contributed by atoms with Crippen LogP contribution in [-0.4, -0.2) is 23.5 Å². The highest BCUT2D eigenvalue weighted by atomic mass is 16.2. The molecule has 4 nitrogen and oxygen atoms in total. The summed E-state index contributed by atoms with van der Waals surface area (Å²) in [5.74, 6) is 0.677. The third-order valence-corrected chi connectivity index (χ3v) is 2.86. The van der Waals surface area contributed by atoms with Crippen LogP contribution in [-0.2, 0) is 11.2 Å². The predicted octanol–water partition coefficient (Wildman–Crippen LogP) is 1.33. The number of carbonyl (C=O) groups is 1. The van der Waals surface area contributed by atoms with Crippen molar-refractivity contribution in [3.63, 3.8) is 0 Å². The summed E-state index contributed by atoms with van der Waals surface area (Å²) in [6.45, 7) is 3.01. The minimum Gasteiger partial charge on any atom is -0.309 e. The first-order chi connectivity index (χ1) is 7.79. The lowest BCUT2D eigenvalue weighted by molar-refractivity contribution is -0.117. The van der Waals surface area contributed by atoms with E-state index in [1.165, 1.54) is 5.56 Å². The number of nitrogens with one attached hydrogen (secondary N) is 2. The quantitative estimate of drug-likeness (QED) is 0.806. The fraction of sp³-hybridized carbons (Fsp3) is 0.500. The van der Waals surface area contributed by atoms with E-state index in [0.29, 0.717) is 5.82 Å². The molecule has 1 aromatic rings. The van der Waals surface area contributed by atoms with Crippen LogP contribution < -0.4 is 10.6 Å². The molecule has 1 aliphatic rings. The van der Waals surface area contributed by atoms with Gasteiger partial charge in [-0.2, -0.15) is 0 Å². The topological polar surface area (TPSA) is 54.0 Å². The fourth-order valence-electron chi connectivity index (χ4n) is 1.88. The number of pyridine rings is 1. The van der Waals surface area contributed by atoms with Crippen molar-refractivity contribution in [1.29, 1.82) is 0 Å². The fourth-order valence-corrected chi connectivity index (χ4v) is 1.88. The molecule has 2 N–H and O–H groups in total. The normalized spacial score (nSPS) is 19.7. The Labute approximate surface area is 95.5 Å². The van der Waals surface area contributed by atoms with Gasteiger partial charge in [0, 0.05) is 6.20 Å². The van der Waals surface area contributed by atoms with Gasteiger partial charge >= 0.3 is 0 Å². The molecule has 0 radical (unpaired) electrons. The van der Waals surface area contributed by atoms with Crippen LogP contribution in [0.1, 0.15) is 25.3 Å². The van der Waals surface area contributed by atoms with Crippen molar-refractivity contribution in [1.82, 2.24) is 10.3 Å². The molecule has 1 atom stereocenters. The van der Waals surface area contributed by atoms with E-state index in [9.17, 15) is 4.79 Å². The molecule has 2 heterocycles. The van der Waals surface area contributed by atoms with Gasteiger partial charge in [0.2, 0.25) is 5.91 Å². The molecule has 1 unspecified atom stereocenters. The zero-order chi connectivity index (χ0) is 11.4. The second-order valence-corrected chi connectivity index (χ2v) is 4.04. The van der Waals surface area contributed by atoms with E-state index in [-0.39, 0.29) is 11.9 Å². The second kappa shape index (κ2) is 5.07. The van der Waals surface area contributed by atoms with Crippen LogP contribution >= 0.6 is 0 Å².